The molecule has 17 heavy (non-hydrogen) atoms. The molecule has 3 nitrogen and oxygen atoms in total. The number of benzene rings is 1. The molecule has 3 heteroatoms. The molecule has 1 aromatic carbocycles. The average Bonchev–Trinajstić information content (AvgIpc) is 2.27. The van der Waals surface area contributed by atoms with E-state index in [9.17, 15) is 4.79 Å². The van der Waals surface area contributed by atoms with Crippen molar-refractivity contribution in [2.24, 2.45) is 5.73 Å². The zero-order valence-corrected chi connectivity index (χ0v) is 10.6. The van der Waals surface area contributed by atoms with E-state index in [1.165, 1.54) is 11.1 Å². The maximum atomic E-state index is 11.5. The predicted octanol–water partition coefficient (Wildman–Crippen LogP) is 2.15. The molecule has 92 valence electrons. The van der Waals surface area contributed by atoms with Crippen LogP contribution in [0.3, 0.4) is 0 Å². The van der Waals surface area contributed by atoms with Crippen LogP contribution >= 0.6 is 0 Å². The van der Waals surface area contributed by atoms with Crippen LogP contribution < -0.4 is 10.6 Å². The number of nitrogens with zero attached hydrogens (tertiary/aromatic N) is 1. The SMILES string of the molecule is Cc1cc(C)cc(N2CCCCC2C(N)=O)c1. The minimum atomic E-state index is -0.205. The zero-order valence-electron chi connectivity index (χ0n) is 10.6. The largest absolute Gasteiger partial charge is 0.368 e. The molecule has 1 amide bonds. The highest BCUT2D eigenvalue weighted by Gasteiger charge is 2.27. The maximum Gasteiger partial charge on any atom is 0.240 e. The fourth-order valence-electron chi connectivity index (χ4n) is 2.65. The summed E-state index contributed by atoms with van der Waals surface area (Å²) in [5, 5.41) is 0. The van der Waals surface area contributed by atoms with Crippen molar-refractivity contribution in [1.29, 1.82) is 0 Å². The summed E-state index contributed by atoms with van der Waals surface area (Å²) in [4.78, 5) is 13.6. The number of primary amides is 1. The fraction of sp³-hybridized carbons (Fsp3) is 0.500. The smallest absolute Gasteiger partial charge is 0.240 e. The van der Waals surface area contributed by atoms with Crippen LogP contribution in [0.2, 0.25) is 0 Å². The normalized spacial score (nSPS) is 20.4. The predicted molar refractivity (Wildman–Crippen MR) is 70.1 cm³/mol. The second kappa shape index (κ2) is 4.78. The van der Waals surface area contributed by atoms with Gasteiger partial charge in [0.25, 0.3) is 0 Å². The van der Waals surface area contributed by atoms with E-state index in [2.05, 4.69) is 36.9 Å². The van der Waals surface area contributed by atoms with E-state index in [0.717, 1.165) is 31.5 Å². The van der Waals surface area contributed by atoms with E-state index in [4.69, 9.17) is 5.73 Å². The first kappa shape index (κ1) is 12.0. The van der Waals surface area contributed by atoms with Crippen LogP contribution in [0.4, 0.5) is 5.69 Å². The Hall–Kier alpha value is -1.51. The Morgan fingerprint density at radius 2 is 1.88 bits per heavy atom. The first-order valence-electron chi connectivity index (χ1n) is 6.22. The summed E-state index contributed by atoms with van der Waals surface area (Å²) >= 11 is 0. The topological polar surface area (TPSA) is 46.3 Å². The number of carbonyl (C=O) groups excluding carboxylic acids is 1. The van der Waals surface area contributed by atoms with Crippen LogP contribution in [0.15, 0.2) is 18.2 Å². The summed E-state index contributed by atoms with van der Waals surface area (Å²) in [6.07, 6.45) is 3.11. The number of aryl methyl sites for hydroxylation is 2. The number of nitrogens with two attached hydrogens (primary N) is 1. The van der Waals surface area contributed by atoms with E-state index in [0.29, 0.717) is 0 Å². The van der Waals surface area contributed by atoms with Gasteiger partial charge in [0.05, 0.1) is 0 Å². The Morgan fingerprint density at radius 3 is 2.47 bits per heavy atom. The highest BCUT2D eigenvalue weighted by atomic mass is 16.1. The van der Waals surface area contributed by atoms with Gasteiger partial charge >= 0.3 is 0 Å². The molecule has 2 N–H and O–H groups in total. The molecule has 0 spiro atoms. The number of carbonyl (C=O) groups is 1. The first-order chi connectivity index (χ1) is 8.08. The Balaban J connectivity index is 2.32. The lowest BCUT2D eigenvalue weighted by Crippen LogP contribution is -2.47. The van der Waals surface area contributed by atoms with Gasteiger partial charge in [0, 0.05) is 12.2 Å². The molecule has 1 fully saturated rings. The quantitative estimate of drug-likeness (QED) is 0.849. The molecule has 0 aliphatic carbocycles. The second-order valence-electron chi connectivity index (χ2n) is 4.95. The van der Waals surface area contributed by atoms with Crippen molar-refractivity contribution >= 4 is 11.6 Å². The lowest BCUT2D eigenvalue weighted by molar-refractivity contribution is -0.119. The van der Waals surface area contributed by atoms with Gasteiger partial charge in [-0.1, -0.05) is 6.07 Å². The summed E-state index contributed by atoms with van der Waals surface area (Å²) in [6.45, 7) is 5.09. The number of hydrogen-bond donors (Lipinski definition) is 1. The van der Waals surface area contributed by atoms with Crippen molar-refractivity contribution in [1.82, 2.24) is 0 Å². The van der Waals surface area contributed by atoms with Gasteiger partial charge in [0.2, 0.25) is 5.91 Å². The first-order valence-corrected chi connectivity index (χ1v) is 6.22. The van der Waals surface area contributed by atoms with Crippen molar-refractivity contribution in [3.05, 3.63) is 29.3 Å². The standard InChI is InChI=1S/C14H20N2O/c1-10-7-11(2)9-12(8-10)16-6-4-3-5-13(16)14(15)17/h7-9,13H,3-6H2,1-2H3,(H2,15,17). The van der Waals surface area contributed by atoms with Gasteiger partial charge < -0.3 is 10.6 Å². The summed E-state index contributed by atoms with van der Waals surface area (Å²) in [7, 11) is 0. The van der Waals surface area contributed by atoms with E-state index in [1.807, 2.05) is 0 Å². The fourth-order valence-corrected chi connectivity index (χ4v) is 2.65. The number of anilines is 1. The van der Waals surface area contributed by atoms with Crippen molar-refractivity contribution in [2.45, 2.75) is 39.2 Å². The highest BCUT2D eigenvalue weighted by Crippen LogP contribution is 2.26. The minimum absolute atomic E-state index is 0.134. The van der Waals surface area contributed by atoms with Crippen LogP contribution in [0, 0.1) is 13.8 Å². The monoisotopic (exact) mass is 232 g/mol. The molecule has 1 aliphatic rings. The molecule has 1 heterocycles. The third-order valence-electron chi connectivity index (χ3n) is 3.37. The van der Waals surface area contributed by atoms with Gasteiger partial charge in [-0.3, -0.25) is 4.79 Å². The van der Waals surface area contributed by atoms with Gasteiger partial charge in [-0.25, -0.2) is 0 Å². The number of piperidine rings is 1. The number of hydrogen-bond acceptors (Lipinski definition) is 2. The molecule has 1 atom stereocenters. The van der Waals surface area contributed by atoms with Crippen molar-refractivity contribution in [3.63, 3.8) is 0 Å². The molecule has 0 aromatic heterocycles. The van der Waals surface area contributed by atoms with E-state index >= 15 is 0 Å². The van der Waals surface area contributed by atoms with Crippen LogP contribution in [0.5, 0.6) is 0 Å². The summed E-state index contributed by atoms with van der Waals surface area (Å²) in [5.74, 6) is -0.205. The van der Waals surface area contributed by atoms with Crippen LogP contribution in [-0.4, -0.2) is 18.5 Å². The second-order valence-corrected chi connectivity index (χ2v) is 4.95. The molecule has 0 bridgehead atoms. The Morgan fingerprint density at radius 1 is 1.24 bits per heavy atom. The van der Waals surface area contributed by atoms with Crippen LogP contribution in [-0.2, 0) is 4.79 Å². The van der Waals surface area contributed by atoms with Crippen molar-refractivity contribution < 1.29 is 4.79 Å². The minimum Gasteiger partial charge on any atom is -0.368 e. The molecule has 2 rings (SSSR count). The van der Waals surface area contributed by atoms with Crippen LogP contribution in [0.25, 0.3) is 0 Å². The Labute approximate surface area is 103 Å². The summed E-state index contributed by atoms with van der Waals surface area (Å²) in [5.41, 5.74) is 9.08. The third kappa shape index (κ3) is 2.60. The van der Waals surface area contributed by atoms with E-state index in [1.54, 1.807) is 0 Å². The van der Waals surface area contributed by atoms with Gasteiger partial charge in [-0.2, -0.15) is 0 Å². The molecule has 1 unspecified atom stereocenters. The Kier molecular flexibility index (Phi) is 3.36. The van der Waals surface area contributed by atoms with Crippen molar-refractivity contribution in [2.75, 3.05) is 11.4 Å². The average molecular weight is 232 g/mol. The molecule has 0 saturated carbocycles. The lowest BCUT2D eigenvalue weighted by Gasteiger charge is -2.36. The van der Waals surface area contributed by atoms with Crippen LogP contribution in [0.1, 0.15) is 30.4 Å². The van der Waals surface area contributed by atoms with E-state index < -0.39 is 0 Å². The highest BCUT2D eigenvalue weighted by molar-refractivity contribution is 5.84. The van der Waals surface area contributed by atoms with E-state index in [-0.39, 0.29) is 11.9 Å². The van der Waals surface area contributed by atoms with Gasteiger partial charge in [0.15, 0.2) is 0 Å². The zero-order chi connectivity index (χ0) is 12.4. The Bertz CT molecular complexity index is 408. The lowest BCUT2D eigenvalue weighted by atomic mass is 9.99. The molecule has 1 aliphatic heterocycles. The third-order valence-corrected chi connectivity index (χ3v) is 3.37. The van der Waals surface area contributed by atoms with Gasteiger partial charge in [-0.05, 0) is 56.4 Å². The van der Waals surface area contributed by atoms with Gasteiger partial charge in [0.1, 0.15) is 6.04 Å². The molecular weight excluding hydrogens is 212 g/mol. The number of amides is 1. The van der Waals surface area contributed by atoms with Crippen molar-refractivity contribution in [3.8, 4) is 0 Å². The molecule has 1 saturated heterocycles. The maximum absolute atomic E-state index is 11.5. The molecule has 0 radical (unpaired) electrons. The summed E-state index contributed by atoms with van der Waals surface area (Å²) in [6, 6.07) is 6.28. The van der Waals surface area contributed by atoms with Gasteiger partial charge in [-0.15, -0.1) is 0 Å². The number of rotatable bonds is 2. The molecular formula is C14H20N2O. The summed E-state index contributed by atoms with van der Waals surface area (Å²) < 4.78 is 0. The molecule has 1 aromatic rings.